The molecule has 0 aliphatic carbocycles. The molecule has 1 unspecified atom stereocenters. The number of pyridine rings is 2. The quantitative estimate of drug-likeness (QED) is 0.255. The predicted octanol–water partition coefficient (Wildman–Crippen LogP) is 2.09. The van der Waals surface area contributed by atoms with Gasteiger partial charge in [-0.3, -0.25) is 9.59 Å². The van der Waals surface area contributed by atoms with Crippen LogP contribution in [0, 0.1) is 0 Å². The van der Waals surface area contributed by atoms with Crippen molar-refractivity contribution in [1.82, 2.24) is 14.9 Å². The van der Waals surface area contributed by atoms with Crippen LogP contribution in [-0.4, -0.2) is 58.0 Å². The summed E-state index contributed by atoms with van der Waals surface area (Å²) in [4.78, 5) is 40.0. The Labute approximate surface area is 224 Å². The number of nitrogens with zero attached hydrogens (tertiary/aromatic N) is 2. The maximum atomic E-state index is 13.5. The summed E-state index contributed by atoms with van der Waals surface area (Å²) in [7, 11) is 0. The zero-order valence-corrected chi connectivity index (χ0v) is 22.1. The lowest BCUT2D eigenvalue weighted by molar-refractivity contribution is -0.172. The van der Waals surface area contributed by atoms with E-state index in [4.69, 9.17) is 29.1 Å². The highest BCUT2D eigenvalue weighted by Gasteiger charge is 2.45. The third kappa shape index (κ3) is 4.51. The zero-order chi connectivity index (χ0) is 27.9. The number of rotatable bonds is 5. The van der Waals surface area contributed by atoms with Gasteiger partial charge in [0.25, 0.3) is 11.5 Å². The number of benzene rings is 1. The number of likely N-dealkylation sites (N-methyl/N-ethyl adjacent to an activating group) is 1. The van der Waals surface area contributed by atoms with Crippen LogP contribution in [0.25, 0.3) is 22.3 Å². The van der Waals surface area contributed by atoms with E-state index in [1.807, 2.05) is 12.1 Å². The molecule has 3 aliphatic heterocycles. The van der Waals surface area contributed by atoms with Gasteiger partial charge in [0.05, 0.1) is 29.0 Å². The zero-order valence-electron chi connectivity index (χ0n) is 22.1. The normalized spacial score (nSPS) is 18.4. The maximum absolute atomic E-state index is 13.5. The van der Waals surface area contributed by atoms with E-state index in [0.717, 1.165) is 48.5 Å². The molecule has 6 rings (SSSR count). The largest absolute Gasteiger partial charge is 0.486 e. The molecule has 11 heteroatoms. The first-order valence-electron chi connectivity index (χ1n) is 13.0. The number of hydrogen-bond acceptors (Lipinski definition) is 9. The Kier molecular flexibility index (Phi) is 7.04. The summed E-state index contributed by atoms with van der Waals surface area (Å²) in [5.41, 5.74) is 2.65. The van der Waals surface area contributed by atoms with E-state index in [0.29, 0.717) is 53.8 Å². The van der Waals surface area contributed by atoms with Crippen molar-refractivity contribution in [3.8, 4) is 22.9 Å². The molecule has 0 spiro atoms. The molecular formula is C28H31N3O8. The third-order valence-electron chi connectivity index (χ3n) is 7.27. The number of carboxylic acids is 1. The first-order chi connectivity index (χ1) is 18.7. The predicted molar refractivity (Wildman–Crippen MR) is 141 cm³/mol. The lowest BCUT2D eigenvalue weighted by atomic mass is 9.86. The number of fused-ring (bicyclic) bond motifs is 6. The molecule has 206 valence electrons. The minimum absolute atomic E-state index is 0.108. The summed E-state index contributed by atoms with van der Waals surface area (Å²) in [5.74, 6) is -0.212. The molecule has 3 aromatic rings. The van der Waals surface area contributed by atoms with E-state index < -0.39 is 17.5 Å². The lowest BCUT2D eigenvalue weighted by Crippen LogP contribution is -2.44. The minimum atomic E-state index is -1.85. The molecule has 39 heavy (non-hydrogen) atoms. The van der Waals surface area contributed by atoms with E-state index in [9.17, 15) is 14.7 Å². The van der Waals surface area contributed by atoms with E-state index in [1.54, 1.807) is 17.6 Å². The average molecular weight is 538 g/mol. The topological polar surface area (TPSA) is 149 Å². The fourth-order valence-electron chi connectivity index (χ4n) is 5.37. The van der Waals surface area contributed by atoms with Crippen LogP contribution in [0.3, 0.4) is 0 Å². The number of esters is 1. The summed E-state index contributed by atoms with van der Waals surface area (Å²) in [5, 5.41) is 22.9. The molecule has 11 nitrogen and oxygen atoms in total. The Bertz CT molecular complexity index is 1540. The van der Waals surface area contributed by atoms with Gasteiger partial charge in [-0.1, -0.05) is 13.8 Å². The van der Waals surface area contributed by atoms with Crippen LogP contribution in [0.5, 0.6) is 11.5 Å². The van der Waals surface area contributed by atoms with Gasteiger partial charge in [-0.15, -0.1) is 0 Å². The maximum Gasteiger partial charge on any atom is 0.343 e. The molecule has 0 bridgehead atoms. The first-order valence-corrected chi connectivity index (χ1v) is 13.0. The number of aromatic nitrogens is 2. The summed E-state index contributed by atoms with van der Waals surface area (Å²) >= 11 is 0. The van der Waals surface area contributed by atoms with Crippen LogP contribution >= 0.6 is 0 Å². The Morgan fingerprint density at radius 1 is 1.10 bits per heavy atom. The molecule has 1 atom stereocenters. The van der Waals surface area contributed by atoms with E-state index in [1.165, 1.54) is 0 Å². The average Bonchev–Trinajstić information content (AvgIpc) is 3.28. The number of ether oxygens (including phenoxy) is 3. The van der Waals surface area contributed by atoms with Crippen LogP contribution < -0.4 is 20.3 Å². The number of carbonyl (C=O) groups is 2. The standard InChI is InChI=1S/C26H27N3O6.C2H4O2/c1-3-26(32)18-10-20-23-16(12-29(20)24(30)17(18)13-35-25(26)31)14(5-6-27-4-2)15-9-21-22(11-19(15)28-23)34-8-7-33-21;1-2(3)4/h9-11,27,32H,3-8,12-13H2,1-2H3;1H3,(H,3,4). The first kappa shape index (κ1) is 26.6. The van der Waals surface area contributed by atoms with Crippen molar-refractivity contribution >= 4 is 22.8 Å². The van der Waals surface area contributed by atoms with Crippen LogP contribution in [-0.2, 0) is 39.5 Å². The van der Waals surface area contributed by atoms with E-state index in [-0.39, 0.29) is 18.6 Å². The molecule has 3 N–H and O–H groups in total. The molecule has 0 amide bonds. The Hall–Kier alpha value is -3.96. The van der Waals surface area contributed by atoms with Crippen LogP contribution in [0.1, 0.15) is 49.4 Å². The molecule has 3 aliphatic rings. The molecule has 0 radical (unpaired) electrons. The fraction of sp³-hybridized carbons (Fsp3) is 0.429. The number of aliphatic hydroxyl groups is 1. The molecule has 5 heterocycles. The van der Waals surface area contributed by atoms with E-state index in [2.05, 4.69) is 12.2 Å². The van der Waals surface area contributed by atoms with Gasteiger partial charge in [0.15, 0.2) is 17.1 Å². The van der Waals surface area contributed by atoms with Gasteiger partial charge in [0.1, 0.15) is 19.8 Å². The van der Waals surface area contributed by atoms with Crippen molar-refractivity contribution in [3.05, 3.63) is 50.8 Å². The van der Waals surface area contributed by atoms with Gasteiger partial charge in [0.2, 0.25) is 0 Å². The van der Waals surface area contributed by atoms with Crippen molar-refractivity contribution in [2.75, 3.05) is 26.3 Å². The van der Waals surface area contributed by atoms with Gasteiger partial charge in [-0.05, 0) is 43.6 Å². The molecule has 0 saturated carbocycles. The SMILES string of the molecule is CC(=O)O.CCNCCc1c2c(nc3cc4c(cc13)OCCO4)-c1cc3c(c(=O)n1C2)COC(=O)C3(O)CC. The minimum Gasteiger partial charge on any atom is -0.486 e. The van der Waals surface area contributed by atoms with Gasteiger partial charge < -0.3 is 34.3 Å². The number of nitrogens with one attached hydrogen (secondary N) is 1. The molecule has 0 saturated heterocycles. The van der Waals surface area contributed by atoms with Crippen molar-refractivity contribution < 1.29 is 34.0 Å². The van der Waals surface area contributed by atoms with Crippen LogP contribution in [0.2, 0.25) is 0 Å². The number of cyclic esters (lactones) is 1. The highest BCUT2D eigenvalue weighted by atomic mass is 16.6. The van der Waals surface area contributed by atoms with Crippen molar-refractivity contribution in [2.24, 2.45) is 0 Å². The van der Waals surface area contributed by atoms with Crippen molar-refractivity contribution in [3.63, 3.8) is 0 Å². The number of hydrogen-bond donors (Lipinski definition) is 3. The summed E-state index contributed by atoms with van der Waals surface area (Å²) in [6.07, 6.45) is 0.856. The smallest absolute Gasteiger partial charge is 0.343 e. The van der Waals surface area contributed by atoms with Gasteiger partial charge in [-0.2, -0.15) is 0 Å². The number of aliphatic carboxylic acids is 1. The highest BCUT2D eigenvalue weighted by Crippen LogP contribution is 2.42. The molecular weight excluding hydrogens is 506 g/mol. The summed E-state index contributed by atoms with van der Waals surface area (Å²) in [6, 6.07) is 5.62. The van der Waals surface area contributed by atoms with Gasteiger partial charge in [-0.25, -0.2) is 9.78 Å². The molecule has 1 aromatic carbocycles. The van der Waals surface area contributed by atoms with Gasteiger partial charge >= 0.3 is 5.97 Å². The highest BCUT2D eigenvalue weighted by molar-refractivity contribution is 5.91. The van der Waals surface area contributed by atoms with E-state index >= 15 is 0 Å². The van der Waals surface area contributed by atoms with Crippen LogP contribution in [0.15, 0.2) is 23.0 Å². The Balaban J connectivity index is 0.000000723. The number of carboxylic acid groups (broad SMARTS) is 1. The third-order valence-corrected chi connectivity index (χ3v) is 7.27. The van der Waals surface area contributed by atoms with Crippen LogP contribution in [0.4, 0.5) is 0 Å². The Morgan fingerprint density at radius 2 is 1.79 bits per heavy atom. The van der Waals surface area contributed by atoms with Crippen molar-refractivity contribution in [1.29, 1.82) is 0 Å². The molecule has 2 aromatic heterocycles. The second-order valence-electron chi connectivity index (χ2n) is 9.66. The number of carbonyl (C=O) groups excluding carboxylic acids is 1. The summed E-state index contributed by atoms with van der Waals surface area (Å²) in [6.45, 7) is 7.68. The summed E-state index contributed by atoms with van der Waals surface area (Å²) < 4.78 is 18.5. The van der Waals surface area contributed by atoms with Gasteiger partial charge in [0, 0.05) is 29.5 Å². The Morgan fingerprint density at radius 3 is 2.46 bits per heavy atom. The second-order valence-corrected chi connectivity index (χ2v) is 9.66. The van der Waals surface area contributed by atoms with Crippen molar-refractivity contribution in [2.45, 2.75) is 52.4 Å². The lowest BCUT2D eigenvalue weighted by Gasteiger charge is -2.31. The monoisotopic (exact) mass is 537 g/mol. The fourth-order valence-corrected chi connectivity index (χ4v) is 5.37. The second kappa shape index (κ2) is 10.3. The molecule has 0 fully saturated rings.